The van der Waals surface area contributed by atoms with E-state index >= 15 is 0 Å². The topological polar surface area (TPSA) is 55.4 Å². The van der Waals surface area contributed by atoms with Crippen molar-refractivity contribution in [2.75, 3.05) is 19.7 Å². The number of nitrogens with one attached hydrogen (secondary N) is 1. The average Bonchev–Trinajstić information content (AvgIpc) is 2.05. The van der Waals surface area contributed by atoms with Crippen LogP contribution in [0.2, 0.25) is 0 Å². The Morgan fingerprint density at radius 1 is 1.33 bits per heavy atom. The Labute approximate surface area is 71.3 Å². The summed E-state index contributed by atoms with van der Waals surface area (Å²) in [6.07, 6.45) is 0. The van der Waals surface area contributed by atoms with E-state index in [9.17, 15) is 9.59 Å². The molecule has 12 heavy (non-hydrogen) atoms. The van der Waals surface area contributed by atoms with Crippen molar-refractivity contribution >= 4 is 11.6 Å². The first-order valence-corrected chi connectivity index (χ1v) is 3.96. The standard InChI is InChI=1S/C8H13NO3/c1-6(10)8(7(2)11)5-9-3-4-12-8/h9H,3-5H2,1-2H3. The average molecular weight is 171 g/mol. The summed E-state index contributed by atoms with van der Waals surface area (Å²) in [6, 6.07) is 0. The van der Waals surface area contributed by atoms with Crippen molar-refractivity contribution in [1.82, 2.24) is 5.32 Å². The van der Waals surface area contributed by atoms with Crippen molar-refractivity contribution in [2.45, 2.75) is 19.4 Å². The van der Waals surface area contributed by atoms with Crippen molar-refractivity contribution in [2.24, 2.45) is 0 Å². The Hall–Kier alpha value is -0.740. The van der Waals surface area contributed by atoms with Crippen LogP contribution in [0.15, 0.2) is 0 Å². The maximum absolute atomic E-state index is 11.2. The maximum Gasteiger partial charge on any atom is 0.195 e. The molecule has 1 saturated heterocycles. The Morgan fingerprint density at radius 2 is 1.92 bits per heavy atom. The molecule has 1 aliphatic rings. The molecule has 0 amide bonds. The van der Waals surface area contributed by atoms with E-state index in [1.807, 2.05) is 0 Å². The summed E-state index contributed by atoms with van der Waals surface area (Å²) in [5.41, 5.74) is -1.21. The van der Waals surface area contributed by atoms with Crippen LogP contribution in [0.1, 0.15) is 13.8 Å². The van der Waals surface area contributed by atoms with Gasteiger partial charge in [-0.25, -0.2) is 0 Å². The van der Waals surface area contributed by atoms with Gasteiger partial charge in [-0.1, -0.05) is 0 Å². The molecule has 1 N–H and O–H groups in total. The second kappa shape index (κ2) is 3.33. The Kier molecular flexibility index (Phi) is 2.59. The number of hydrogen-bond acceptors (Lipinski definition) is 4. The summed E-state index contributed by atoms with van der Waals surface area (Å²) in [5.74, 6) is -0.440. The molecule has 0 aromatic heterocycles. The van der Waals surface area contributed by atoms with Crippen LogP contribution in [0.25, 0.3) is 0 Å². The first-order valence-electron chi connectivity index (χ1n) is 3.96. The highest BCUT2D eigenvalue weighted by molar-refractivity contribution is 6.08. The third-order valence-corrected chi connectivity index (χ3v) is 2.14. The van der Waals surface area contributed by atoms with Crippen molar-refractivity contribution in [1.29, 1.82) is 0 Å². The molecule has 0 aromatic rings. The van der Waals surface area contributed by atoms with E-state index < -0.39 is 5.60 Å². The van der Waals surface area contributed by atoms with Gasteiger partial charge in [0.1, 0.15) is 0 Å². The molecular weight excluding hydrogens is 158 g/mol. The molecule has 0 atom stereocenters. The predicted octanol–water partition coefficient (Wildman–Crippen LogP) is -0.477. The highest BCUT2D eigenvalue weighted by Gasteiger charge is 2.42. The van der Waals surface area contributed by atoms with Crippen LogP contribution in [-0.4, -0.2) is 36.9 Å². The van der Waals surface area contributed by atoms with E-state index in [4.69, 9.17) is 4.74 Å². The molecule has 1 aliphatic heterocycles. The Bertz CT molecular complexity index is 190. The number of ketones is 2. The molecule has 1 rings (SSSR count). The minimum Gasteiger partial charge on any atom is -0.357 e. The first kappa shape index (κ1) is 9.35. The van der Waals surface area contributed by atoms with E-state index in [0.29, 0.717) is 19.7 Å². The lowest BCUT2D eigenvalue weighted by molar-refractivity contribution is -0.158. The van der Waals surface area contributed by atoms with E-state index in [1.54, 1.807) is 0 Å². The molecule has 0 bridgehead atoms. The molecule has 68 valence electrons. The monoisotopic (exact) mass is 171 g/mol. The van der Waals surface area contributed by atoms with E-state index in [0.717, 1.165) is 0 Å². The normalized spacial score (nSPS) is 21.8. The van der Waals surface area contributed by atoms with Gasteiger partial charge in [-0.3, -0.25) is 9.59 Å². The summed E-state index contributed by atoms with van der Waals surface area (Å²) >= 11 is 0. The van der Waals surface area contributed by atoms with Crippen molar-refractivity contribution in [3.05, 3.63) is 0 Å². The van der Waals surface area contributed by atoms with Crippen LogP contribution in [0.4, 0.5) is 0 Å². The van der Waals surface area contributed by atoms with Crippen molar-refractivity contribution in [3.63, 3.8) is 0 Å². The van der Waals surface area contributed by atoms with Gasteiger partial charge in [-0.15, -0.1) is 0 Å². The summed E-state index contributed by atoms with van der Waals surface area (Å²) < 4.78 is 5.23. The zero-order chi connectivity index (χ0) is 9.19. The number of ether oxygens (including phenoxy) is 1. The second-order valence-electron chi connectivity index (χ2n) is 2.96. The SMILES string of the molecule is CC(=O)C1(C(C)=O)CNCCO1. The Balaban J connectivity index is 2.84. The summed E-state index contributed by atoms with van der Waals surface area (Å²) in [4.78, 5) is 22.4. The predicted molar refractivity (Wildman–Crippen MR) is 42.9 cm³/mol. The number of hydrogen-bond donors (Lipinski definition) is 1. The van der Waals surface area contributed by atoms with Gasteiger partial charge in [-0.05, 0) is 13.8 Å². The van der Waals surface area contributed by atoms with Gasteiger partial charge in [0.25, 0.3) is 0 Å². The van der Waals surface area contributed by atoms with E-state index in [-0.39, 0.29) is 11.6 Å². The minimum absolute atomic E-state index is 0.220. The number of carbonyl (C=O) groups excluding carboxylic acids is 2. The van der Waals surface area contributed by atoms with Gasteiger partial charge in [0.2, 0.25) is 0 Å². The number of Topliss-reactive ketones (excluding diaryl/α,β-unsaturated/α-hetero) is 2. The van der Waals surface area contributed by atoms with Crippen molar-refractivity contribution in [3.8, 4) is 0 Å². The highest BCUT2D eigenvalue weighted by Crippen LogP contribution is 2.15. The fourth-order valence-corrected chi connectivity index (χ4v) is 1.31. The lowest BCUT2D eigenvalue weighted by Crippen LogP contribution is -2.58. The molecule has 4 heteroatoms. The summed E-state index contributed by atoms with van der Waals surface area (Å²) in [5, 5.41) is 2.97. The fraction of sp³-hybridized carbons (Fsp3) is 0.750. The van der Waals surface area contributed by atoms with Crippen LogP contribution in [0.5, 0.6) is 0 Å². The number of morpholine rings is 1. The van der Waals surface area contributed by atoms with Gasteiger partial charge in [0.05, 0.1) is 6.61 Å². The summed E-state index contributed by atoms with van der Waals surface area (Å²) in [7, 11) is 0. The van der Waals surface area contributed by atoms with Gasteiger partial charge in [0, 0.05) is 13.1 Å². The van der Waals surface area contributed by atoms with Crippen LogP contribution >= 0.6 is 0 Å². The molecule has 0 aliphatic carbocycles. The zero-order valence-corrected chi connectivity index (χ0v) is 7.35. The van der Waals surface area contributed by atoms with Crippen LogP contribution in [0, 0.1) is 0 Å². The largest absolute Gasteiger partial charge is 0.357 e. The third-order valence-electron chi connectivity index (χ3n) is 2.14. The molecular formula is C8H13NO3. The molecule has 0 aromatic carbocycles. The zero-order valence-electron chi connectivity index (χ0n) is 7.35. The lowest BCUT2D eigenvalue weighted by Gasteiger charge is -2.32. The maximum atomic E-state index is 11.2. The smallest absolute Gasteiger partial charge is 0.195 e. The Morgan fingerprint density at radius 3 is 2.17 bits per heavy atom. The van der Waals surface area contributed by atoms with Gasteiger partial charge in [0.15, 0.2) is 17.2 Å². The van der Waals surface area contributed by atoms with Crippen molar-refractivity contribution < 1.29 is 14.3 Å². The van der Waals surface area contributed by atoms with Crippen LogP contribution in [0.3, 0.4) is 0 Å². The molecule has 4 nitrogen and oxygen atoms in total. The summed E-state index contributed by atoms with van der Waals surface area (Å²) in [6.45, 7) is 4.18. The molecule has 0 saturated carbocycles. The van der Waals surface area contributed by atoms with Gasteiger partial charge in [-0.2, -0.15) is 0 Å². The molecule has 1 fully saturated rings. The quantitative estimate of drug-likeness (QED) is 0.570. The van der Waals surface area contributed by atoms with Crippen LogP contribution < -0.4 is 5.32 Å². The van der Waals surface area contributed by atoms with Gasteiger partial charge < -0.3 is 10.1 Å². The van der Waals surface area contributed by atoms with Crippen LogP contribution in [-0.2, 0) is 14.3 Å². The number of rotatable bonds is 2. The fourth-order valence-electron chi connectivity index (χ4n) is 1.31. The highest BCUT2D eigenvalue weighted by atomic mass is 16.5. The number of carbonyl (C=O) groups is 2. The molecule has 0 radical (unpaired) electrons. The first-order chi connectivity index (χ1) is 5.59. The van der Waals surface area contributed by atoms with E-state index in [1.165, 1.54) is 13.8 Å². The lowest BCUT2D eigenvalue weighted by atomic mass is 9.93. The molecule has 0 spiro atoms. The van der Waals surface area contributed by atoms with E-state index in [2.05, 4.69) is 5.32 Å². The molecule has 1 heterocycles. The second-order valence-corrected chi connectivity index (χ2v) is 2.96. The minimum atomic E-state index is -1.21. The third kappa shape index (κ3) is 1.40. The molecule has 0 unspecified atom stereocenters. The van der Waals surface area contributed by atoms with Gasteiger partial charge >= 0.3 is 0 Å².